The molecule has 20 heavy (non-hydrogen) atoms. The second kappa shape index (κ2) is 5.87. The van der Waals surface area contributed by atoms with Crippen LogP contribution >= 0.6 is 23.5 Å². The highest BCUT2D eigenvalue weighted by Gasteiger charge is 2.26. The van der Waals surface area contributed by atoms with Crippen LogP contribution in [0.3, 0.4) is 0 Å². The van der Waals surface area contributed by atoms with Crippen molar-refractivity contribution >= 4 is 23.5 Å². The quantitative estimate of drug-likeness (QED) is 0.665. The van der Waals surface area contributed by atoms with Gasteiger partial charge in [-0.3, -0.25) is 0 Å². The Hall–Kier alpha value is -0.860. The molecule has 2 aromatic rings. The lowest BCUT2D eigenvalue weighted by Crippen LogP contribution is -2.11. The number of hydrogen-bond acceptors (Lipinski definition) is 2. The molecule has 0 spiro atoms. The Morgan fingerprint density at radius 2 is 1.70 bits per heavy atom. The maximum atomic E-state index is 2.38. The number of aryl methyl sites for hydroxylation is 2. The third-order valence-electron chi connectivity index (χ3n) is 3.69. The fraction of sp³-hybridized carbons (Fsp3) is 0.333. The Kier molecular flexibility index (Phi) is 4.13. The van der Waals surface area contributed by atoms with Gasteiger partial charge in [0.1, 0.15) is 0 Å². The largest absolute Gasteiger partial charge is 0.123 e. The van der Waals surface area contributed by atoms with Gasteiger partial charge in [-0.15, -0.1) is 23.5 Å². The van der Waals surface area contributed by atoms with Crippen LogP contribution in [-0.4, -0.2) is 5.25 Å². The molecule has 2 heteroatoms. The minimum Gasteiger partial charge on any atom is -0.123 e. The van der Waals surface area contributed by atoms with Crippen molar-refractivity contribution < 1.29 is 0 Å². The first-order valence-corrected chi connectivity index (χ1v) is 8.88. The summed E-state index contributed by atoms with van der Waals surface area (Å²) in [6.45, 7) is 6.68. The van der Waals surface area contributed by atoms with Crippen molar-refractivity contribution in [2.75, 3.05) is 0 Å². The van der Waals surface area contributed by atoms with E-state index in [2.05, 4.69) is 63.2 Å². The predicted molar refractivity (Wildman–Crippen MR) is 90.9 cm³/mol. The van der Waals surface area contributed by atoms with Gasteiger partial charge < -0.3 is 0 Å². The van der Waals surface area contributed by atoms with Gasteiger partial charge in [-0.05, 0) is 44.0 Å². The highest BCUT2D eigenvalue weighted by Crippen LogP contribution is 2.49. The molecule has 104 valence electrons. The number of benzene rings is 2. The second-order valence-electron chi connectivity index (χ2n) is 5.62. The maximum absolute atomic E-state index is 2.38. The van der Waals surface area contributed by atoms with Gasteiger partial charge >= 0.3 is 0 Å². The zero-order valence-electron chi connectivity index (χ0n) is 12.2. The molecule has 0 bridgehead atoms. The summed E-state index contributed by atoms with van der Waals surface area (Å²) in [5.74, 6) is 0. The van der Waals surface area contributed by atoms with E-state index >= 15 is 0 Å². The number of rotatable bonds is 2. The normalized spacial score (nSPS) is 21.6. The van der Waals surface area contributed by atoms with Gasteiger partial charge in [-0.1, -0.05) is 42.3 Å². The smallest absolute Gasteiger partial charge is 0.0366 e. The van der Waals surface area contributed by atoms with Crippen LogP contribution in [0, 0.1) is 13.8 Å². The van der Waals surface area contributed by atoms with Crippen molar-refractivity contribution in [1.82, 2.24) is 0 Å². The van der Waals surface area contributed by atoms with Gasteiger partial charge in [-0.25, -0.2) is 0 Å². The molecule has 1 heterocycles. The van der Waals surface area contributed by atoms with Gasteiger partial charge in [0, 0.05) is 20.3 Å². The van der Waals surface area contributed by atoms with E-state index in [-0.39, 0.29) is 0 Å². The van der Waals surface area contributed by atoms with Crippen molar-refractivity contribution in [3.8, 4) is 0 Å². The summed E-state index contributed by atoms with van der Waals surface area (Å²) in [7, 11) is 0. The Morgan fingerprint density at radius 3 is 2.45 bits per heavy atom. The van der Waals surface area contributed by atoms with Gasteiger partial charge in [0.15, 0.2) is 0 Å². The summed E-state index contributed by atoms with van der Waals surface area (Å²) in [6.07, 6.45) is 1.25. The number of fused-ring (bicyclic) bond motifs is 1. The molecule has 2 atom stereocenters. The van der Waals surface area contributed by atoms with Crippen molar-refractivity contribution in [2.45, 2.75) is 47.5 Å². The van der Waals surface area contributed by atoms with Gasteiger partial charge in [0.2, 0.25) is 0 Å². The molecule has 0 saturated carbocycles. The van der Waals surface area contributed by atoms with Crippen LogP contribution in [0.25, 0.3) is 0 Å². The Balaban J connectivity index is 1.90. The molecule has 0 aromatic heterocycles. The fourth-order valence-corrected chi connectivity index (χ4v) is 5.34. The maximum Gasteiger partial charge on any atom is 0.0366 e. The first-order valence-electron chi connectivity index (χ1n) is 7.12. The lowest BCUT2D eigenvalue weighted by molar-refractivity contribution is 0.762. The topological polar surface area (TPSA) is 0 Å². The molecule has 0 amide bonds. The van der Waals surface area contributed by atoms with Crippen LogP contribution in [0.2, 0.25) is 0 Å². The van der Waals surface area contributed by atoms with Crippen molar-refractivity contribution in [3.63, 3.8) is 0 Å². The zero-order chi connectivity index (χ0) is 14.1. The van der Waals surface area contributed by atoms with Gasteiger partial charge in [0.25, 0.3) is 0 Å². The second-order valence-corrected chi connectivity index (χ2v) is 8.38. The van der Waals surface area contributed by atoms with E-state index in [1.54, 1.807) is 0 Å². The molecule has 0 fully saturated rings. The van der Waals surface area contributed by atoms with Gasteiger partial charge in [-0.2, -0.15) is 0 Å². The Morgan fingerprint density at radius 1 is 1.00 bits per heavy atom. The zero-order valence-corrected chi connectivity index (χ0v) is 13.9. The van der Waals surface area contributed by atoms with E-state index in [0.717, 1.165) is 0 Å². The van der Waals surface area contributed by atoms with E-state index < -0.39 is 0 Å². The summed E-state index contributed by atoms with van der Waals surface area (Å²) in [5.41, 5.74) is 4.23. The van der Waals surface area contributed by atoms with E-state index in [4.69, 9.17) is 0 Å². The molecule has 2 aromatic carbocycles. The third-order valence-corrected chi connectivity index (χ3v) is 6.18. The molecule has 0 N–H and O–H groups in total. The van der Waals surface area contributed by atoms with Crippen LogP contribution < -0.4 is 0 Å². The third kappa shape index (κ3) is 3.07. The predicted octanol–water partition coefficient (Wildman–Crippen LogP) is 6.02. The first-order chi connectivity index (χ1) is 9.61. The molecule has 0 radical (unpaired) electrons. The SMILES string of the molecule is Cc1ccc(S[C@H]2C[C@H](C)Sc3ccc(C)cc32)cc1. The molecule has 0 saturated heterocycles. The molecular formula is C18H20S2. The Bertz CT molecular complexity index is 601. The molecular weight excluding hydrogens is 280 g/mol. The van der Waals surface area contributed by atoms with E-state index in [0.29, 0.717) is 10.5 Å². The number of thioether (sulfide) groups is 2. The average Bonchev–Trinajstić information content (AvgIpc) is 2.42. The molecule has 0 nitrogen and oxygen atoms in total. The molecule has 3 rings (SSSR count). The van der Waals surface area contributed by atoms with Crippen LogP contribution in [0.5, 0.6) is 0 Å². The number of hydrogen-bond donors (Lipinski definition) is 0. The average molecular weight is 300 g/mol. The molecule has 1 aliphatic heterocycles. The van der Waals surface area contributed by atoms with Crippen molar-refractivity contribution in [1.29, 1.82) is 0 Å². The van der Waals surface area contributed by atoms with Gasteiger partial charge in [0.05, 0.1) is 0 Å². The van der Waals surface area contributed by atoms with Crippen LogP contribution in [0.1, 0.15) is 35.3 Å². The summed E-state index contributed by atoms with van der Waals surface area (Å²) >= 11 is 4.04. The minimum atomic E-state index is 0.587. The molecule has 0 unspecified atom stereocenters. The van der Waals surface area contributed by atoms with Crippen LogP contribution in [0.4, 0.5) is 0 Å². The minimum absolute atomic E-state index is 0.587. The van der Waals surface area contributed by atoms with E-state index in [1.165, 1.54) is 32.9 Å². The van der Waals surface area contributed by atoms with Crippen molar-refractivity contribution in [2.24, 2.45) is 0 Å². The molecule has 0 aliphatic carbocycles. The molecule has 1 aliphatic rings. The first kappa shape index (κ1) is 14.1. The fourth-order valence-electron chi connectivity index (χ4n) is 2.61. The van der Waals surface area contributed by atoms with Crippen LogP contribution in [-0.2, 0) is 0 Å². The summed E-state index contributed by atoms with van der Waals surface area (Å²) < 4.78 is 0. The lowest BCUT2D eigenvalue weighted by Gasteiger charge is -2.29. The highest BCUT2D eigenvalue weighted by atomic mass is 32.2. The van der Waals surface area contributed by atoms with Crippen LogP contribution in [0.15, 0.2) is 52.3 Å². The highest BCUT2D eigenvalue weighted by molar-refractivity contribution is 8.01. The summed E-state index contributed by atoms with van der Waals surface area (Å²) in [5, 5.41) is 1.29. The standard InChI is InChI=1S/C18H20S2/c1-12-4-7-15(8-5-12)20-18-11-14(3)19-17-9-6-13(2)10-16(17)18/h4-10,14,18H,11H2,1-3H3/t14-,18-/m0/s1. The van der Waals surface area contributed by atoms with E-state index in [9.17, 15) is 0 Å². The lowest BCUT2D eigenvalue weighted by atomic mass is 10.0. The summed E-state index contributed by atoms with van der Waals surface area (Å²) in [6, 6.07) is 15.8. The monoisotopic (exact) mass is 300 g/mol. The van der Waals surface area contributed by atoms with Crippen molar-refractivity contribution in [3.05, 3.63) is 59.2 Å². The summed E-state index contributed by atoms with van der Waals surface area (Å²) in [4.78, 5) is 2.85. The Labute approximate surface area is 130 Å². The van der Waals surface area contributed by atoms with E-state index in [1.807, 2.05) is 23.5 Å².